The SMILES string of the molecule is CCNC(=NCc1cc(C)ccc1OC(F)F)NCCOCC. The van der Waals surface area contributed by atoms with Crippen LogP contribution in [0.2, 0.25) is 0 Å². The van der Waals surface area contributed by atoms with Crippen LogP contribution in [0.25, 0.3) is 0 Å². The summed E-state index contributed by atoms with van der Waals surface area (Å²) in [6.07, 6.45) is 0. The molecule has 0 atom stereocenters. The molecule has 0 saturated carbocycles. The molecule has 7 heteroatoms. The van der Waals surface area contributed by atoms with Crippen molar-refractivity contribution in [3.63, 3.8) is 0 Å². The normalized spacial score (nSPS) is 11.7. The molecule has 1 aromatic rings. The summed E-state index contributed by atoms with van der Waals surface area (Å²) < 4.78 is 34.7. The molecule has 0 amide bonds. The standard InChI is InChI=1S/C16H25F2N3O2/c1-4-19-16(20-8-9-22-5-2)21-11-13-10-12(3)6-7-14(13)23-15(17)18/h6-7,10,15H,4-5,8-9,11H2,1-3H3,(H2,19,20,21). The number of nitrogens with one attached hydrogen (secondary N) is 2. The van der Waals surface area contributed by atoms with Crippen molar-refractivity contribution >= 4 is 5.96 Å². The van der Waals surface area contributed by atoms with Gasteiger partial charge < -0.3 is 20.1 Å². The van der Waals surface area contributed by atoms with E-state index in [4.69, 9.17) is 4.74 Å². The Morgan fingerprint density at radius 3 is 2.70 bits per heavy atom. The number of halogens is 2. The molecule has 0 aliphatic heterocycles. The number of alkyl halides is 2. The predicted molar refractivity (Wildman–Crippen MR) is 87.1 cm³/mol. The maximum absolute atomic E-state index is 12.5. The van der Waals surface area contributed by atoms with Crippen LogP contribution in [-0.4, -0.2) is 38.9 Å². The maximum Gasteiger partial charge on any atom is 0.387 e. The molecule has 2 N–H and O–H groups in total. The van der Waals surface area contributed by atoms with Gasteiger partial charge in [-0.3, -0.25) is 0 Å². The van der Waals surface area contributed by atoms with Gasteiger partial charge in [0.25, 0.3) is 0 Å². The number of nitrogens with zero attached hydrogens (tertiary/aromatic N) is 1. The second-order valence-electron chi connectivity index (χ2n) is 4.81. The van der Waals surface area contributed by atoms with Crippen LogP contribution in [0.3, 0.4) is 0 Å². The van der Waals surface area contributed by atoms with E-state index in [1.165, 1.54) is 0 Å². The van der Waals surface area contributed by atoms with Crippen molar-refractivity contribution in [2.75, 3.05) is 26.3 Å². The topological polar surface area (TPSA) is 54.9 Å². The van der Waals surface area contributed by atoms with E-state index < -0.39 is 6.61 Å². The zero-order chi connectivity index (χ0) is 17.1. The van der Waals surface area contributed by atoms with E-state index in [-0.39, 0.29) is 12.3 Å². The Bertz CT molecular complexity index is 496. The molecular weight excluding hydrogens is 304 g/mol. The Morgan fingerprint density at radius 1 is 1.26 bits per heavy atom. The first-order chi connectivity index (χ1) is 11.1. The molecule has 5 nitrogen and oxygen atoms in total. The molecule has 0 heterocycles. The van der Waals surface area contributed by atoms with Gasteiger partial charge >= 0.3 is 6.61 Å². The Hall–Kier alpha value is -1.89. The highest BCUT2D eigenvalue weighted by atomic mass is 19.3. The lowest BCUT2D eigenvalue weighted by Gasteiger charge is -2.13. The van der Waals surface area contributed by atoms with E-state index in [1.807, 2.05) is 20.8 Å². The third kappa shape index (κ3) is 7.78. The second kappa shape index (κ2) is 10.8. The lowest BCUT2D eigenvalue weighted by atomic mass is 10.1. The fourth-order valence-electron chi connectivity index (χ4n) is 1.93. The van der Waals surface area contributed by atoms with Crippen LogP contribution in [0.1, 0.15) is 25.0 Å². The second-order valence-corrected chi connectivity index (χ2v) is 4.81. The van der Waals surface area contributed by atoms with Gasteiger partial charge in [0.2, 0.25) is 0 Å². The van der Waals surface area contributed by atoms with E-state index in [0.29, 0.717) is 37.8 Å². The number of rotatable bonds is 9. The summed E-state index contributed by atoms with van der Waals surface area (Å²) in [6.45, 7) is 5.73. The van der Waals surface area contributed by atoms with Gasteiger partial charge in [-0.15, -0.1) is 0 Å². The van der Waals surface area contributed by atoms with Crippen LogP contribution in [-0.2, 0) is 11.3 Å². The van der Waals surface area contributed by atoms with Gasteiger partial charge in [-0.1, -0.05) is 17.7 Å². The molecule has 0 aliphatic carbocycles. The van der Waals surface area contributed by atoms with Gasteiger partial charge in [0.15, 0.2) is 5.96 Å². The number of aliphatic imine (C=N–C) groups is 1. The van der Waals surface area contributed by atoms with Gasteiger partial charge in [-0.2, -0.15) is 8.78 Å². The summed E-state index contributed by atoms with van der Waals surface area (Å²) in [5.41, 5.74) is 1.58. The highest BCUT2D eigenvalue weighted by Gasteiger charge is 2.10. The summed E-state index contributed by atoms with van der Waals surface area (Å²) in [4.78, 5) is 4.40. The molecule has 1 aromatic carbocycles. The summed E-state index contributed by atoms with van der Waals surface area (Å²) in [5, 5.41) is 6.22. The van der Waals surface area contributed by atoms with Gasteiger partial charge in [-0.25, -0.2) is 4.99 Å². The van der Waals surface area contributed by atoms with E-state index in [1.54, 1.807) is 18.2 Å². The van der Waals surface area contributed by atoms with Crippen LogP contribution in [0.5, 0.6) is 5.75 Å². The molecule has 1 rings (SSSR count). The molecule has 0 bridgehead atoms. The summed E-state index contributed by atoms with van der Waals surface area (Å²) in [5.74, 6) is 0.760. The average molecular weight is 329 g/mol. The van der Waals surface area contributed by atoms with Crippen molar-refractivity contribution in [2.45, 2.75) is 33.9 Å². The maximum atomic E-state index is 12.5. The number of ether oxygens (including phenoxy) is 2. The van der Waals surface area contributed by atoms with Crippen LogP contribution >= 0.6 is 0 Å². The molecule has 0 unspecified atom stereocenters. The smallest absolute Gasteiger partial charge is 0.387 e. The van der Waals surface area contributed by atoms with E-state index in [9.17, 15) is 8.78 Å². The third-order valence-corrected chi connectivity index (χ3v) is 2.93. The molecule has 0 radical (unpaired) electrons. The molecule has 130 valence electrons. The van der Waals surface area contributed by atoms with Crippen molar-refractivity contribution in [3.8, 4) is 5.75 Å². The number of guanidine groups is 1. The molecule has 23 heavy (non-hydrogen) atoms. The summed E-state index contributed by atoms with van der Waals surface area (Å²) in [7, 11) is 0. The third-order valence-electron chi connectivity index (χ3n) is 2.93. The zero-order valence-electron chi connectivity index (χ0n) is 13.9. The zero-order valence-corrected chi connectivity index (χ0v) is 13.9. The Labute approximate surface area is 136 Å². The van der Waals surface area contributed by atoms with Crippen molar-refractivity contribution in [1.29, 1.82) is 0 Å². The molecule has 0 fully saturated rings. The Kier molecular flexibility index (Phi) is 8.97. The Morgan fingerprint density at radius 2 is 2.04 bits per heavy atom. The lowest BCUT2D eigenvalue weighted by molar-refractivity contribution is -0.0504. The van der Waals surface area contributed by atoms with Gasteiger partial charge in [0.05, 0.1) is 13.2 Å². The first kappa shape index (κ1) is 19.2. The first-order valence-corrected chi connectivity index (χ1v) is 7.71. The molecule has 0 saturated heterocycles. The quantitative estimate of drug-likeness (QED) is 0.415. The van der Waals surface area contributed by atoms with E-state index >= 15 is 0 Å². The van der Waals surface area contributed by atoms with Crippen molar-refractivity contribution in [1.82, 2.24) is 10.6 Å². The lowest BCUT2D eigenvalue weighted by Crippen LogP contribution is -2.39. The van der Waals surface area contributed by atoms with E-state index in [0.717, 1.165) is 5.56 Å². The van der Waals surface area contributed by atoms with Crippen LogP contribution in [0, 0.1) is 6.92 Å². The van der Waals surface area contributed by atoms with Gasteiger partial charge in [-0.05, 0) is 26.8 Å². The molecule has 0 spiro atoms. The van der Waals surface area contributed by atoms with Gasteiger partial charge in [0, 0.05) is 25.3 Å². The van der Waals surface area contributed by atoms with Crippen molar-refractivity contribution < 1.29 is 18.3 Å². The fourth-order valence-corrected chi connectivity index (χ4v) is 1.93. The van der Waals surface area contributed by atoms with E-state index in [2.05, 4.69) is 20.4 Å². The highest BCUT2D eigenvalue weighted by Crippen LogP contribution is 2.22. The number of hydrogen-bond acceptors (Lipinski definition) is 3. The first-order valence-electron chi connectivity index (χ1n) is 7.71. The predicted octanol–water partition coefficient (Wildman–Crippen LogP) is 2.69. The average Bonchev–Trinajstić information content (AvgIpc) is 2.51. The molecule has 0 aromatic heterocycles. The molecule has 0 aliphatic rings. The largest absolute Gasteiger partial charge is 0.434 e. The summed E-state index contributed by atoms with van der Waals surface area (Å²) in [6, 6.07) is 5.07. The minimum Gasteiger partial charge on any atom is -0.434 e. The number of benzene rings is 1. The Balaban J connectivity index is 2.75. The molecular formula is C16H25F2N3O2. The van der Waals surface area contributed by atoms with Crippen LogP contribution < -0.4 is 15.4 Å². The van der Waals surface area contributed by atoms with Crippen molar-refractivity contribution in [3.05, 3.63) is 29.3 Å². The monoisotopic (exact) mass is 329 g/mol. The number of aryl methyl sites for hydroxylation is 1. The number of hydrogen-bond donors (Lipinski definition) is 2. The fraction of sp³-hybridized carbons (Fsp3) is 0.562. The van der Waals surface area contributed by atoms with Crippen molar-refractivity contribution in [2.24, 2.45) is 4.99 Å². The minimum atomic E-state index is -2.85. The summed E-state index contributed by atoms with van der Waals surface area (Å²) >= 11 is 0. The minimum absolute atomic E-state index is 0.152. The van der Waals surface area contributed by atoms with Crippen LogP contribution in [0.15, 0.2) is 23.2 Å². The highest BCUT2D eigenvalue weighted by molar-refractivity contribution is 5.79. The van der Waals surface area contributed by atoms with Crippen LogP contribution in [0.4, 0.5) is 8.78 Å². The van der Waals surface area contributed by atoms with Gasteiger partial charge in [0.1, 0.15) is 5.75 Å².